The van der Waals surface area contributed by atoms with E-state index in [9.17, 15) is 4.79 Å². The number of benzene rings is 1. The van der Waals surface area contributed by atoms with Crippen LogP contribution in [0.3, 0.4) is 0 Å². The Hall–Kier alpha value is -1.82. The number of rotatable bonds is 6. The first kappa shape index (κ1) is 19.0. The van der Waals surface area contributed by atoms with E-state index in [0.29, 0.717) is 6.04 Å². The third kappa shape index (κ3) is 4.47. The number of carbonyl (C=O) groups is 1. The maximum Gasteiger partial charge on any atom is 0.235 e. The van der Waals surface area contributed by atoms with Gasteiger partial charge in [-0.25, -0.2) is 0 Å². The molecule has 2 aromatic rings. The Bertz CT molecular complexity index is 725. The minimum absolute atomic E-state index is 0.167. The number of aryl methyl sites for hydroxylation is 1. The average molecular weight is 373 g/mol. The van der Waals surface area contributed by atoms with Crippen molar-refractivity contribution in [1.82, 2.24) is 19.7 Å². The van der Waals surface area contributed by atoms with Crippen molar-refractivity contribution in [3.05, 3.63) is 41.7 Å². The summed E-state index contributed by atoms with van der Waals surface area (Å²) in [5, 5.41) is 9.18. The number of hydrogen-bond donors (Lipinski definition) is 0. The fourth-order valence-electron chi connectivity index (χ4n) is 3.54. The molecule has 0 radical (unpaired) electrons. The van der Waals surface area contributed by atoms with E-state index in [0.717, 1.165) is 30.4 Å². The molecule has 1 heterocycles. The van der Waals surface area contributed by atoms with Crippen LogP contribution >= 0.6 is 11.8 Å². The van der Waals surface area contributed by atoms with Crippen molar-refractivity contribution in [1.29, 1.82) is 0 Å². The maximum atomic E-state index is 12.9. The third-order valence-electron chi connectivity index (χ3n) is 5.19. The first-order valence-electron chi connectivity index (χ1n) is 9.43. The molecule has 0 bridgehead atoms. The highest BCUT2D eigenvalue weighted by Gasteiger charge is 2.27. The summed E-state index contributed by atoms with van der Waals surface area (Å²) in [5.41, 5.74) is 1.20. The van der Waals surface area contributed by atoms with E-state index in [2.05, 4.69) is 26.9 Å². The van der Waals surface area contributed by atoms with E-state index < -0.39 is 0 Å². The first-order chi connectivity index (χ1) is 12.6. The van der Waals surface area contributed by atoms with E-state index in [-0.39, 0.29) is 11.2 Å². The number of hydrogen-bond acceptors (Lipinski definition) is 4. The van der Waals surface area contributed by atoms with E-state index in [1.807, 2.05) is 44.0 Å². The van der Waals surface area contributed by atoms with Crippen LogP contribution in [0.2, 0.25) is 0 Å². The molecule has 140 valence electrons. The molecule has 0 spiro atoms. The van der Waals surface area contributed by atoms with Gasteiger partial charge < -0.3 is 9.47 Å². The van der Waals surface area contributed by atoms with Crippen LogP contribution in [-0.4, -0.2) is 43.9 Å². The summed E-state index contributed by atoms with van der Waals surface area (Å²) in [5.74, 6) is 1.06. The second-order valence-corrected chi connectivity index (χ2v) is 8.41. The Morgan fingerprint density at radius 3 is 2.62 bits per heavy atom. The molecule has 3 rings (SSSR count). The van der Waals surface area contributed by atoms with Crippen molar-refractivity contribution >= 4 is 17.7 Å². The van der Waals surface area contributed by atoms with Gasteiger partial charge >= 0.3 is 0 Å². The molecule has 1 fully saturated rings. The first-order valence-corrected chi connectivity index (χ1v) is 10.3. The van der Waals surface area contributed by atoms with Crippen LogP contribution in [-0.2, 0) is 11.3 Å². The lowest BCUT2D eigenvalue weighted by Gasteiger charge is -2.32. The van der Waals surface area contributed by atoms with Crippen LogP contribution < -0.4 is 0 Å². The van der Waals surface area contributed by atoms with Gasteiger partial charge in [0.15, 0.2) is 5.16 Å². The Morgan fingerprint density at radius 2 is 1.92 bits per heavy atom. The third-order valence-corrected chi connectivity index (χ3v) is 6.25. The molecular formula is C20H28N4OS. The smallest absolute Gasteiger partial charge is 0.235 e. The van der Waals surface area contributed by atoms with Crippen LogP contribution in [0.1, 0.15) is 50.4 Å². The molecule has 0 N–H and O–H groups in total. The highest BCUT2D eigenvalue weighted by molar-refractivity contribution is 8.00. The molecule has 0 aliphatic heterocycles. The summed E-state index contributed by atoms with van der Waals surface area (Å²) in [4.78, 5) is 14.8. The largest absolute Gasteiger partial charge is 0.342 e. The molecular weight excluding hydrogens is 344 g/mol. The maximum absolute atomic E-state index is 12.9. The molecule has 5 nitrogen and oxygen atoms in total. The van der Waals surface area contributed by atoms with Gasteiger partial charge in [-0.3, -0.25) is 4.79 Å². The molecule has 1 unspecified atom stereocenters. The normalized spacial score (nSPS) is 16.4. The second kappa shape index (κ2) is 8.71. The van der Waals surface area contributed by atoms with Gasteiger partial charge in [0, 0.05) is 13.1 Å². The molecule has 26 heavy (non-hydrogen) atoms. The SMILES string of the molecule is Cc1nnc(SC(C)C(=O)N(C)C2CCCCC2)n1Cc1ccccc1. The summed E-state index contributed by atoms with van der Waals surface area (Å²) in [6.45, 7) is 4.66. The predicted molar refractivity (Wildman–Crippen MR) is 105 cm³/mol. The Kier molecular flexibility index (Phi) is 6.35. The standard InChI is InChI=1S/C20H28N4OS/c1-15(19(25)23(3)18-12-8-5-9-13-18)26-20-22-21-16(2)24(20)14-17-10-6-4-7-11-17/h4,6-7,10-11,15,18H,5,8-9,12-14H2,1-3H3. The van der Waals surface area contributed by atoms with Crippen molar-refractivity contribution in [2.75, 3.05) is 7.05 Å². The zero-order valence-electron chi connectivity index (χ0n) is 15.9. The Balaban J connectivity index is 1.67. The van der Waals surface area contributed by atoms with Crippen LogP contribution in [0.15, 0.2) is 35.5 Å². The van der Waals surface area contributed by atoms with Crippen LogP contribution in [0.4, 0.5) is 0 Å². The Labute approximate surface area is 160 Å². The molecule has 1 amide bonds. The highest BCUT2D eigenvalue weighted by atomic mass is 32.2. The minimum Gasteiger partial charge on any atom is -0.342 e. The van der Waals surface area contributed by atoms with Gasteiger partial charge in [0.05, 0.1) is 11.8 Å². The predicted octanol–water partition coefficient (Wildman–Crippen LogP) is 3.91. The van der Waals surface area contributed by atoms with Gasteiger partial charge in [0.2, 0.25) is 5.91 Å². The van der Waals surface area contributed by atoms with Gasteiger partial charge in [-0.15, -0.1) is 10.2 Å². The fraction of sp³-hybridized carbons (Fsp3) is 0.550. The van der Waals surface area contributed by atoms with Crippen molar-refractivity contribution in [3.63, 3.8) is 0 Å². The van der Waals surface area contributed by atoms with Crippen molar-refractivity contribution in [3.8, 4) is 0 Å². The summed E-state index contributed by atoms with van der Waals surface area (Å²) < 4.78 is 2.09. The number of nitrogens with zero attached hydrogens (tertiary/aromatic N) is 4. The summed E-state index contributed by atoms with van der Waals surface area (Å²) in [7, 11) is 1.95. The van der Waals surface area contributed by atoms with Gasteiger partial charge in [0.1, 0.15) is 5.82 Å². The highest BCUT2D eigenvalue weighted by Crippen LogP contribution is 2.27. The molecule has 1 aromatic carbocycles. The molecule has 1 aromatic heterocycles. The van der Waals surface area contributed by atoms with Crippen molar-refractivity contribution in [2.24, 2.45) is 0 Å². The quantitative estimate of drug-likeness (QED) is 0.722. The lowest BCUT2D eigenvalue weighted by atomic mass is 9.94. The Morgan fingerprint density at radius 1 is 1.23 bits per heavy atom. The zero-order valence-corrected chi connectivity index (χ0v) is 16.7. The molecule has 1 aliphatic carbocycles. The minimum atomic E-state index is -0.167. The lowest BCUT2D eigenvalue weighted by molar-refractivity contribution is -0.131. The zero-order chi connectivity index (χ0) is 18.5. The molecule has 1 saturated carbocycles. The molecule has 0 saturated heterocycles. The summed E-state index contributed by atoms with van der Waals surface area (Å²) >= 11 is 1.51. The van der Waals surface area contributed by atoms with E-state index in [1.54, 1.807) is 0 Å². The van der Waals surface area contributed by atoms with Crippen LogP contribution in [0, 0.1) is 6.92 Å². The van der Waals surface area contributed by atoms with Gasteiger partial charge in [-0.2, -0.15) is 0 Å². The van der Waals surface area contributed by atoms with Crippen LogP contribution in [0.25, 0.3) is 0 Å². The monoisotopic (exact) mass is 372 g/mol. The van der Waals surface area contributed by atoms with Gasteiger partial charge in [-0.1, -0.05) is 61.4 Å². The number of carbonyl (C=O) groups excluding carboxylic acids is 1. The lowest BCUT2D eigenvalue weighted by Crippen LogP contribution is -2.42. The molecule has 1 aliphatic rings. The van der Waals surface area contributed by atoms with Crippen LogP contribution in [0.5, 0.6) is 0 Å². The second-order valence-electron chi connectivity index (χ2n) is 7.10. The van der Waals surface area contributed by atoms with Crippen molar-refractivity contribution in [2.45, 2.75) is 68.9 Å². The van der Waals surface area contributed by atoms with Gasteiger partial charge in [0.25, 0.3) is 0 Å². The number of thioether (sulfide) groups is 1. The summed E-state index contributed by atoms with van der Waals surface area (Å²) in [6.07, 6.45) is 6.01. The molecule has 1 atom stereocenters. The van der Waals surface area contributed by atoms with Gasteiger partial charge in [-0.05, 0) is 32.3 Å². The van der Waals surface area contributed by atoms with E-state index >= 15 is 0 Å². The van der Waals surface area contributed by atoms with E-state index in [1.165, 1.54) is 36.6 Å². The number of aromatic nitrogens is 3. The number of amides is 1. The van der Waals surface area contributed by atoms with Crippen molar-refractivity contribution < 1.29 is 4.79 Å². The van der Waals surface area contributed by atoms with E-state index in [4.69, 9.17) is 0 Å². The average Bonchev–Trinajstić information content (AvgIpc) is 3.01. The fourth-order valence-corrected chi connectivity index (χ4v) is 4.54. The summed E-state index contributed by atoms with van der Waals surface area (Å²) in [6, 6.07) is 10.7. The topological polar surface area (TPSA) is 51.0 Å². The molecule has 6 heteroatoms.